The number of ether oxygens (including phenoxy) is 1. The molecule has 2 aliphatic heterocycles. The van der Waals surface area contributed by atoms with Gasteiger partial charge in [-0.25, -0.2) is 0 Å². The van der Waals surface area contributed by atoms with E-state index in [4.69, 9.17) is 4.74 Å². The van der Waals surface area contributed by atoms with Crippen LogP contribution in [-0.4, -0.2) is 49.1 Å². The summed E-state index contributed by atoms with van der Waals surface area (Å²) in [7, 11) is 1.54. The number of methoxy groups -OCH3 is 1. The topological polar surface area (TPSA) is 54.5 Å². The molecular formula is C15H18F3N3O2. The lowest BCUT2D eigenvalue weighted by atomic mass is 9.80. The van der Waals surface area contributed by atoms with E-state index >= 15 is 0 Å². The number of pyridine rings is 1. The average Bonchev–Trinajstić information content (AvgIpc) is 2.48. The Balaban J connectivity index is 1.80. The summed E-state index contributed by atoms with van der Waals surface area (Å²) in [5, 5.41) is 3.07. The fraction of sp³-hybridized carbons (Fsp3) is 0.600. The van der Waals surface area contributed by atoms with Crippen LogP contribution in [0.25, 0.3) is 0 Å². The predicted octanol–water partition coefficient (Wildman–Crippen LogP) is 1.22. The average molecular weight is 329 g/mol. The molecule has 0 bridgehead atoms. The standard InChI is InChI=1S/C15H18F3N3O2/c1-23-9-14(7-19-8-14)13(22)21-3-2-12-10(6-21)4-11(5-20-12)15(16,17)18/h4-5,19H,2-3,6-9H2,1H3. The highest BCUT2D eigenvalue weighted by molar-refractivity contribution is 5.84. The zero-order chi connectivity index (χ0) is 16.7. The molecule has 0 aromatic carbocycles. The van der Waals surface area contributed by atoms with E-state index in [0.29, 0.717) is 43.9 Å². The quantitative estimate of drug-likeness (QED) is 0.906. The van der Waals surface area contributed by atoms with Crippen molar-refractivity contribution in [2.75, 3.05) is 33.4 Å². The lowest BCUT2D eigenvalue weighted by molar-refractivity contribution is -0.150. The van der Waals surface area contributed by atoms with Gasteiger partial charge in [0.05, 0.1) is 17.6 Å². The number of alkyl halides is 3. The van der Waals surface area contributed by atoms with E-state index in [9.17, 15) is 18.0 Å². The first kappa shape index (κ1) is 16.2. The third kappa shape index (κ3) is 2.92. The molecule has 2 aliphatic rings. The number of halogens is 3. The summed E-state index contributed by atoms with van der Waals surface area (Å²) < 4.78 is 43.6. The molecule has 3 rings (SSSR count). The zero-order valence-electron chi connectivity index (χ0n) is 12.7. The fourth-order valence-corrected chi connectivity index (χ4v) is 3.11. The molecule has 0 unspecified atom stereocenters. The Morgan fingerprint density at radius 2 is 2.22 bits per heavy atom. The largest absolute Gasteiger partial charge is 0.417 e. The number of amides is 1. The summed E-state index contributed by atoms with van der Waals surface area (Å²) in [6.07, 6.45) is -3.10. The monoisotopic (exact) mass is 329 g/mol. The molecule has 8 heteroatoms. The van der Waals surface area contributed by atoms with Crippen molar-refractivity contribution < 1.29 is 22.7 Å². The minimum Gasteiger partial charge on any atom is -0.383 e. The molecule has 1 aromatic rings. The van der Waals surface area contributed by atoms with Gasteiger partial charge in [-0.1, -0.05) is 0 Å². The Labute approximate surface area is 131 Å². The maximum Gasteiger partial charge on any atom is 0.417 e. The third-order valence-corrected chi connectivity index (χ3v) is 4.46. The first-order valence-corrected chi connectivity index (χ1v) is 7.40. The maximum atomic E-state index is 12.8. The number of nitrogens with one attached hydrogen (secondary N) is 1. The van der Waals surface area contributed by atoms with E-state index < -0.39 is 17.2 Å². The predicted molar refractivity (Wildman–Crippen MR) is 75.5 cm³/mol. The highest BCUT2D eigenvalue weighted by atomic mass is 19.4. The molecule has 0 spiro atoms. The first-order chi connectivity index (χ1) is 10.9. The number of carbonyl (C=O) groups excluding carboxylic acids is 1. The number of fused-ring (bicyclic) bond motifs is 1. The van der Waals surface area contributed by atoms with Crippen LogP contribution in [0.3, 0.4) is 0 Å². The van der Waals surface area contributed by atoms with Crippen LogP contribution in [0.2, 0.25) is 0 Å². The van der Waals surface area contributed by atoms with Gasteiger partial charge in [0.1, 0.15) is 0 Å². The summed E-state index contributed by atoms with van der Waals surface area (Å²) in [4.78, 5) is 18.3. The minimum absolute atomic E-state index is 0.0684. The first-order valence-electron chi connectivity index (χ1n) is 7.40. The lowest BCUT2D eigenvalue weighted by Crippen LogP contribution is -2.64. The van der Waals surface area contributed by atoms with Crippen molar-refractivity contribution in [2.45, 2.75) is 19.1 Å². The van der Waals surface area contributed by atoms with Crippen LogP contribution in [-0.2, 0) is 28.7 Å². The SMILES string of the molecule is COCC1(C(=O)N2CCc3ncc(C(F)(F)F)cc3C2)CNC1. The number of rotatable bonds is 3. The number of nitrogens with zero attached hydrogens (tertiary/aromatic N) is 2. The van der Waals surface area contributed by atoms with E-state index in [1.807, 2.05) is 0 Å². The molecular weight excluding hydrogens is 311 g/mol. The van der Waals surface area contributed by atoms with Crippen molar-refractivity contribution >= 4 is 5.91 Å². The van der Waals surface area contributed by atoms with Crippen LogP contribution < -0.4 is 5.32 Å². The van der Waals surface area contributed by atoms with E-state index in [1.165, 1.54) is 0 Å². The van der Waals surface area contributed by atoms with Gasteiger partial charge in [0.25, 0.3) is 0 Å². The van der Waals surface area contributed by atoms with Crippen LogP contribution in [0, 0.1) is 5.41 Å². The molecule has 5 nitrogen and oxygen atoms in total. The summed E-state index contributed by atoms with van der Waals surface area (Å²) in [5.41, 5.74) is -0.266. The van der Waals surface area contributed by atoms with Gasteiger partial charge in [0.2, 0.25) is 5.91 Å². The molecule has 23 heavy (non-hydrogen) atoms. The highest BCUT2D eigenvalue weighted by Crippen LogP contribution is 2.32. The number of carbonyl (C=O) groups is 1. The maximum absolute atomic E-state index is 12.8. The van der Waals surface area contributed by atoms with Gasteiger partial charge in [0, 0.05) is 51.6 Å². The molecule has 1 fully saturated rings. The van der Waals surface area contributed by atoms with Crippen LogP contribution in [0.15, 0.2) is 12.3 Å². The lowest BCUT2D eigenvalue weighted by Gasteiger charge is -2.44. The van der Waals surface area contributed by atoms with E-state index in [-0.39, 0.29) is 12.5 Å². The number of hydrogen-bond acceptors (Lipinski definition) is 4. The molecule has 0 aliphatic carbocycles. The van der Waals surface area contributed by atoms with Gasteiger partial charge in [-0.05, 0) is 11.6 Å². The summed E-state index contributed by atoms with van der Waals surface area (Å²) in [6.45, 7) is 2.00. The fourth-order valence-electron chi connectivity index (χ4n) is 3.11. The smallest absolute Gasteiger partial charge is 0.383 e. The molecule has 0 saturated carbocycles. The van der Waals surface area contributed by atoms with Gasteiger partial charge >= 0.3 is 6.18 Å². The Bertz CT molecular complexity index is 614. The molecule has 1 N–H and O–H groups in total. The van der Waals surface area contributed by atoms with Crippen LogP contribution in [0.5, 0.6) is 0 Å². The Kier molecular flexibility index (Phi) is 4.05. The molecule has 1 amide bonds. The minimum atomic E-state index is -4.43. The Morgan fingerprint density at radius 1 is 1.48 bits per heavy atom. The zero-order valence-corrected chi connectivity index (χ0v) is 12.7. The van der Waals surface area contributed by atoms with Crippen LogP contribution in [0.4, 0.5) is 13.2 Å². The van der Waals surface area contributed by atoms with Gasteiger partial charge < -0.3 is 15.0 Å². The van der Waals surface area contributed by atoms with Crippen molar-refractivity contribution in [3.05, 3.63) is 29.1 Å². The van der Waals surface area contributed by atoms with Crippen LogP contribution in [0.1, 0.15) is 16.8 Å². The van der Waals surface area contributed by atoms with Crippen molar-refractivity contribution in [3.8, 4) is 0 Å². The highest BCUT2D eigenvalue weighted by Gasteiger charge is 2.47. The second-order valence-electron chi connectivity index (χ2n) is 6.12. The summed E-state index contributed by atoms with van der Waals surface area (Å²) >= 11 is 0. The van der Waals surface area contributed by atoms with Crippen molar-refractivity contribution in [2.24, 2.45) is 5.41 Å². The number of hydrogen-bond donors (Lipinski definition) is 1. The van der Waals surface area contributed by atoms with E-state index in [2.05, 4.69) is 10.3 Å². The molecule has 3 heterocycles. The molecule has 0 atom stereocenters. The molecule has 1 saturated heterocycles. The molecule has 0 radical (unpaired) electrons. The Hall–Kier alpha value is -1.67. The van der Waals surface area contributed by atoms with Crippen molar-refractivity contribution in [1.82, 2.24) is 15.2 Å². The third-order valence-electron chi connectivity index (χ3n) is 4.46. The molecule has 126 valence electrons. The second-order valence-corrected chi connectivity index (χ2v) is 6.12. The van der Waals surface area contributed by atoms with E-state index in [0.717, 1.165) is 12.3 Å². The summed E-state index contributed by atoms with van der Waals surface area (Å²) in [5.74, 6) is -0.0684. The Morgan fingerprint density at radius 3 is 2.78 bits per heavy atom. The van der Waals surface area contributed by atoms with Gasteiger partial charge in [-0.15, -0.1) is 0 Å². The number of aromatic nitrogens is 1. The second kappa shape index (κ2) is 5.76. The summed E-state index contributed by atoms with van der Waals surface area (Å²) in [6, 6.07) is 1.10. The van der Waals surface area contributed by atoms with Gasteiger partial charge in [-0.3, -0.25) is 9.78 Å². The van der Waals surface area contributed by atoms with Gasteiger partial charge in [0.15, 0.2) is 0 Å². The van der Waals surface area contributed by atoms with Crippen LogP contribution >= 0.6 is 0 Å². The normalized spacial score (nSPS) is 19.9. The van der Waals surface area contributed by atoms with E-state index in [1.54, 1.807) is 12.0 Å². The van der Waals surface area contributed by atoms with Crippen molar-refractivity contribution in [3.63, 3.8) is 0 Å². The molecule has 1 aromatic heterocycles. The van der Waals surface area contributed by atoms with Gasteiger partial charge in [-0.2, -0.15) is 13.2 Å². The van der Waals surface area contributed by atoms with Crippen molar-refractivity contribution in [1.29, 1.82) is 0 Å².